The lowest BCUT2D eigenvalue weighted by atomic mass is 9.82. The minimum Gasteiger partial charge on any atom is -0.162 e. The van der Waals surface area contributed by atoms with E-state index in [9.17, 15) is 0 Å². The van der Waals surface area contributed by atoms with Gasteiger partial charge in [0.25, 0.3) is 0 Å². The first-order chi connectivity index (χ1) is 8.18. The Bertz CT molecular complexity index is 337. The fourth-order valence-electron chi connectivity index (χ4n) is 1.70. The second-order valence-electron chi connectivity index (χ2n) is 4.00. The van der Waals surface area contributed by atoms with Crippen molar-refractivity contribution in [2.45, 2.75) is 18.8 Å². The van der Waals surface area contributed by atoms with Gasteiger partial charge >= 0.3 is 0 Å². The molecule has 0 aliphatic carbocycles. The minimum atomic E-state index is -0.157. The van der Waals surface area contributed by atoms with Crippen LogP contribution in [0.25, 0.3) is 0 Å². The van der Waals surface area contributed by atoms with Crippen LogP contribution in [0.4, 0.5) is 0 Å². The molecule has 0 N–H and O–H groups in total. The number of hydrogen-bond donors (Lipinski definition) is 0. The number of hydrogen-bond acceptors (Lipinski definition) is 1. The van der Waals surface area contributed by atoms with Crippen molar-refractivity contribution in [2.75, 3.05) is 23.3 Å². The highest BCUT2D eigenvalue weighted by Crippen LogP contribution is 2.33. The zero-order chi connectivity index (χ0) is 12.7. The maximum absolute atomic E-state index is 6.15. The molecule has 0 aliphatic rings. The zero-order valence-corrected chi connectivity index (χ0v) is 13.0. The van der Waals surface area contributed by atoms with E-state index in [1.807, 2.05) is 30.0 Å². The van der Waals surface area contributed by atoms with E-state index in [4.69, 9.17) is 34.8 Å². The standard InChI is InChI=1S/C13H17Cl3S/c1-2-17-7-6-13(9-14,10-15)11-4-3-5-12(16)8-11/h3-5,8H,2,6-7,9-10H2,1H3. The summed E-state index contributed by atoms with van der Waals surface area (Å²) < 4.78 is 0. The molecule has 17 heavy (non-hydrogen) atoms. The predicted molar refractivity (Wildman–Crippen MR) is 82.2 cm³/mol. The van der Waals surface area contributed by atoms with Crippen LogP contribution in [0.15, 0.2) is 24.3 Å². The van der Waals surface area contributed by atoms with E-state index in [2.05, 4.69) is 13.0 Å². The van der Waals surface area contributed by atoms with Crippen molar-refractivity contribution >= 4 is 46.6 Å². The van der Waals surface area contributed by atoms with Gasteiger partial charge in [0.1, 0.15) is 0 Å². The van der Waals surface area contributed by atoms with Gasteiger partial charge in [0.15, 0.2) is 0 Å². The van der Waals surface area contributed by atoms with Gasteiger partial charge in [0, 0.05) is 22.2 Å². The molecule has 0 nitrogen and oxygen atoms in total. The van der Waals surface area contributed by atoms with Gasteiger partial charge in [-0.25, -0.2) is 0 Å². The van der Waals surface area contributed by atoms with Crippen molar-refractivity contribution < 1.29 is 0 Å². The fraction of sp³-hybridized carbons (Fsp3) is 0.538. The number of benzene rings is 1. The molecular weight excluding hydrogens is 295 g/mol. The van der Waals surface area contributed by atoms with E-state index in [-0.39, 0.29) is 5.41 Å². The quantitative estimate of drug-likeness (QED) is 0.493. The number of alkyl halides is 2. The van der Waals surface area contributed by atoms with Crippen LogP contribution in [0.5, 0.6) is 0 Å². The van der Waals surface area contributed by atoms with Crippen molar-refractivity contribution in [3.05, 3.63) is 34.9 Å². The van der Waals surface area contributed by atoms with Gasteiger partial charge in [-0.3, -0.25) is 0 Å². The number of thioether (sulfide) groups is 1. The summed E-state index contributed by atoms with van der Waals surface area (Å²) in [6, 6.07) is 7.87. The molecule has 0 bridgehead atoms. The lowest BCUT2D eigenvalue weighted by Gasteiger charge is -2.30. The third-order valence-corrected chi connectivity index (χ3v) is 5.04. The molecule has 0 radical (unpaired) electrons. The fourth-order valence-corrected chi connectivity index (χ4v) is 3.57. The normalized spacial score (nSPS) is 11.8. The molecule has 0 unspecified atom stereocenters. The summed E-state index contributed by atoms with van der Waals surface area (Å²) in [4.78, 5) is 0. The first-order valence-corrected chi connectivity index (χ1v) is 8.24. The summed E-state index contributed by atoms with van der Waals surface area (Å²) in [5, 5.41) is 0.741. The van der Waals surface area contributed by atoms with E-state index in [0.29, 0.717) is 11.8 Å². The molecule has 1 aromatic carbocycles. The Morgan fingerprint density at radius 1 is 1.24 bits per heavy atom. The third-order valence-electron chi connectivity index (χ3n) is 2.88. The Morgan fingerprint density at radius 3 is 2.47 bits per heavy atom. The van der Waals surface area contributed by atoms with Crippen LogP contribution >= 0.6 is 46.6 Å². The SMILES string of the molecule is CCSCCC(CCl)(CCl)c1cccc(Cl)c1. The van der Waals surface area contributed by atoms with E-state index < -0.39 is 0 Å². The molecule has 0 heterocycles. The molecule has 0 aromatic heterocycles. The van der Waals surface area contributed by atoms with Crippen molar-refractivity contribution in [2.24, 2.45) is 0 Å². The smallest absolute Gasteiger partial charge is 0.0408 e. The summed E-state index contributed by atoms with van der Waals surface area (Å²) in [6.45, 7) is 2.16. The average molecular weight is 312 g/mol. The van der Waals surface area contributed by atoms with Crippen molar-refractivity contribution in [3.63, 3.8) is 0 Å². The molecule has 0 fully saturated rings. The van der Waals surface area contributed by atoms with Crippen molar-refractivity contribution in [1.29, 1.82) is 0 Å². The Balaban J connectivity index is 2.89. The van der Waals surface area contributed by atoms with Crippen LogP contribution < -0.4 is 0 Å². The summed E-state index contributed by atoms with van der Waals surface area (Å²) in [6.07, 6.45) is 0.985. The Hall–Kier alpha value is 0.440. The maximum atomic E-state index is 6.15. The second kappa shape index (κ2) is 7.78. The first-order valence-electron chi connectivity index (χ1n) is 5.64. The van der Waals surface area contributed by atoms with Crippen LogP contribution in [0, 0.1) is 0 Å². The largest absolute Gasteiger partial charge is 0.162 e. The molecule has 1 rings (SSSR count). The maximum Gasteiger partial charge on any atom is 0.0408 e. The van der Waals surface area contributed by atoms with Crippen LogP contribution in [0.3, 0.4) is 0 Å². The monoisotopic (exact) mass is 310 g/mol. The summed E-state index contributed by atoms with van der Waals surface area (Å²) >= 11 is 20.3. The van der Waals surface area contributed by atoms with Crippen LogP contribution in [-0.2, 0) is 5.41 Å². The Kier molecular flexibility index (Phi) is 7.10. The minimum absolute atomic E-state index is 0.157. The molecule has 1 aromatic rings. The van der Waals surface area contributed by atoms with Gasteiger partial charge in [-0.05, 0) is 35.6 Å². The zero-order valence-electron chi connectivity index (χ0n) is 9.89. The first kappa shape index (κ1) is 15.5. The van der Waals surface area contributed by atoms with Gasteiger partial charge < -0.3 is 0 Å². The number of rotatable bonds is 7. The Labute approximate surface area is 123 Å². The summed E-state index contributed by atoms with van der Waals surface area (Å²) in [7, 11) is 0. The lowest BCUT2D eigenvalue weighted by Crippen LogP contribution is -2.31. The van der Waals surface area contributed by atoms with Gasteiger partial charge in [-0.1, -0.05) is 30.7 Å². The number of halogens is 3. The molecular formula is C13H17Cl3S. The van der Waals surface area contributed by atoms with E-state index in [1.165, 1.54) is 0 Å². The van der Waals surface area contributed by atoms with Gasteiger partial charge in [-0.2, -0.15) is 11.8 Å². The van der Waals surface area contributed by atoms with Crippen LogP contribution in [-0.4, -0.2) is 23.3 Å². The highest BCUT2D eigenvalue weighted by molar-refractivity contribution is 7.99. The second-order valence-corrected chi connectivity index (χ2v) is 6.37. The van der Waals surface area contributed by atoms with E-state index in [0.717, 1.165) is 28.5 Å². The van der Waals surface area contributed by atoms with Gasteiger partial charge in [-0.15, -0.1) is 23.2 Å². The summed E-state index contributed by atoms with van der Waals surface area (Å²) in [5.74, 6) is 3.25. The van der Waals surface area contributed by atoms with Gasteiger partial charge in [0.05, 0.1) is 0 Å². The molecule has 0 amide bonds. The lowest BCUT2D eigenvalue weighted by molar-refractivity contribution is 0.524. The molecule has 0 saturated carbocycles. The highest BCUT2D eigenvalue weighted by atomic mass is 35.5. The topological polar surface area (TPSA) is 0 Å². The molecule has 96 valence electrons. The third kappa shape index (κ3) is 4.24. The average Bonchev–Trinajstić information content (AvgIpc) is 2.35. The van der Waals surface area contributed by atoms with Gasteiger partial charge in [0.2, 0.25) is 0 Å². The van der Waals surface area contributed by atoms with E-state index >= 15 is 0 Å². The van der Waals surface area contributed by atoms with E-state index in [1.54, 1.807) is 0 Å². The van der Waals surface area contributed by atoms with Crippen LogP contribution in [0.1, 0.15) is 18.9 Å². The molecule has 0 aliphatic heterocycles. The molecule has 0 atom stereocenters. The Morgan fingerprint density at radius 2 is 1.94 bits per heavy atom. The van der Waals surface area contributed by atoms with Crippen molar-refractivity contribution in [1.82, 2.24) is 0 Å². The highest BCUT2D eigenvalue weighted by Gasteiger charge is 2.30. The molecule has 4 heteroatoms. The molecule has 0 saturated heterocycles. The molecule has 0 spiro atoms. The van der Waals surface area contributed by atoms with Crippen molar-refractivity contribution in [3.8, 4) is 0 Å². The van der Waals surface area contributed by atoms with Crippen LogP contribution in [0.2, 0.25) is 5.02 Å². The predicted octanol–water partition coefficient (Wildman–Crippen LogP) is 5.20. The summed E-state index contributed by atoms with van der Waals surface area (Å²) in [5.41, 5.74) is 0.989.